The quantitative estimate of drug-likeness (QED) is 0.691. The third kappa shape index (κ3) is 1.46. The van der Waals surface area contributed by atoms with Gasteiger partial charge in [-0.15, -0.1) is 0 Å². The van der Waals surface area contributed by atoms with Crippen molar-refractivity contribution in [2.24, 2.45) is 0 Å². The molecule has 0 saturated carbocycles. The number of furan rings is 1. The van der Waals surface area contributed by atoms with Gasteiger partial charge in [-0.25, -0.2) is 4.98 Å². The molecule has 0 amide bonds. The molecule has 0 spiro atoms. The van der Waals surface area contributed by atoms with Crippen molar-refractivity contribution in [1.29, 1.82) is 0 Å². The van der Waals surface area contributed by atoms with E-state index in [2.05, 4.69) is 4.98 Å². The SMILES string of the molecule is Cc1nccn1Cc1ccoc1C=O. The highest BCUT2D eigenvalue weighted by atomic mass is 16.3. The zero-order valence-corrected chi connectivity index (χ0v) is 7.80. The van der Waals surface area contributed by atoms with Crippen LogP contribution in [0.15, 0.2) is 29.1 Å². The summed E-state index contributed by atoms with van der Waals surface area (Å²) in [6.45, 7) is 2.54. The van der Waals surface area contributed by atoms with Gasteiger partial charge in [-0.3, -0.25) is 4.79 Å². The van der Waals surface area contributed by atoms with Gasteiger partial charge in [-0.05, 0) is 13.0 Å². The van der Waals surface area contributed by atoms with Gasteiger partial charge in [-0.1, -0.05) is 0 Å². The summed E-state index contributed by atoms with van der Waals surface area (Å²) in [6.07, 6.45) is 5.85. The molecule has 2 aromatic rings. The third-order valence-electron chi connectivity index (χ3n) is 2.15. The first-order valence-electron chi connectivity index (χ1n) is 4.30. The van der Waals surface area contributed by atoms with E-state index in [1.165, 1.54) is 6.26 Å². The molecular weight excluding hydrogens is 180 g/mol. The van der Waals surface area contributed by atoms with Crippen molar-refractivity contribution in [3.63, 3.8) is 0 Å². The lowest BCUT2D eigenvalue weighted by atomic mass is 10.2. The second kappa shape index (κ2) is 3.49. The van der Waals surface area contributed by atoms with Gasteiger partial charge in [0.2, 0.25) is 0 Å². The molecule has 0 saturated heterocycles. The number of carbonyl (C=O) groups is 1. The summed E-state index contributed by atoms with van der Waals surface area (Å²) in [6, 6.07) is 1.79. The molecule has 0 aliphatic heterocycles. The maximum absolute atomic E-state index is 10.6. The van der Waals surface area contributed by atoms with Crippen LogP contribution in [0.2, 0.25) is 0 Å². The lowest BCUT2D eigenvalue weighted by molar-refractivity contribution is 0.109. The molecule has 0 radical (unpaired) electrons. The predicted molar refractivity (Wildman–Crippen MR) is 50.2 cm³/mol. The lowest BCUT2D eigenvalue weighted by Gasteiger charge is -2.02. The van der Waals surface area contributed by atoms with Crippen LogP contribution in [-0.4, -0.2) is 15.8 Å². The molecule has 0 atom stereocenters. The number of aldehydes is 1. The van der Waals surface area contributed by atoms with Gasteiger partial charge in [0.1, 0.15) is 5.82 Å². The number of aryl methyl sites for hydroxylation is 1. The highest BCUT2D eigenvalue weighted by Crippen LogP contribution is 2.10. The number of aromatic nitrogens is 2. The molecule has 0 aliphatic carbocycles. The maximum Gasteiger partial charge on any atom is 0.185 e. The second-order valence-corrected chi connectivity index (χ2v) is 3.03. The Morgan fingerprint density at radius 2 is 2.50 bits per heavy atom. The first kappa shape index (κ1) is 8.74. The fourth-order valence-corrected chi connectivity index (χ4v) is 1.34. The molecule has 0 bridgehead atoms. The Bertz CT molecular complexity index is 442. The highest BCUT2D eigenvalue weighted by Gasteiger charge is 2.06. The minimum atomic E-state index is 0.387. The van der Waals surface area contributed by atoms with Crippen LogP contribution >= 0.6 is 0 Å². The number of carbonyl (C=O) groups excluding carboxylic acids is 1. The Balaban J connectivity index is 2.27. The van der Waals surface area contributed by atoms with Crippen molar-refractivity contribution in [1.82, 2.24) is 9.55 Å². The number of nitrogens with zero attached hydrogens (tertiary/aromatic N) is 2. The average molecular weight is 190 g/mol. The van der Waals surface area contributed by atoms with Crippen molar-refractivity contribution in [3.05, 3.63) is 41.9 Å². The van der Waals surface area contributed by atoms with Crippen molar-refractivity contribution in [2.75, 3.05) is 0 Å². The first-order chi connectivity index (χ1) is 6.81. The fourth-order valence-electron chi connectivity index (χ4n) is 1.34. The van der Waals surface area contributed by atoms with E-state index < -0.39 is 0 Å². The summed E-state index contributed by atoms with van der Waals surface area (Å²) < 4.78 is 6.96. The molecule has 0 N–H and O–H groups in total. The molecular formula is C10H10N2O2. The third-order valence-corrected chi connectivity index (χ3v) is 2.15. The van der Waals surface area contributed by atoms with E-state index in [0.29, 0.717) is 12.3 Å². The zero-order chi connectivity index (χ0) is 9.97. The van der Waals surface area contributed by atoms with E-state index in [9.17, 15) is 4.79 Å². The monoisotopic (exact) mass is 190 g/mol. The van der Waals surface area contributed by atoms with Gasteiger partial charge in [-0.2, -0.15) is 0 Å². The summed E-state index contributed by atoms with van der Waals surface area (Å²) in [4.78, 5) is 14.7. The number of imidazole rings is 1. The van der Waals surface area contributed by atoms with E-state index in [4.69, 9.17) is 4.42 Å². The average Bonchev–Trinajstić information content (AvgIpc) is 2.77. The van der Waals surface area contributed by atoms with Crippen LogP contribution in [0.25, 0.3) is 0 Å². The standard InChI is InChI=1S/C10H10N2O2/c1-8-11-3-4-12(8)6-9-2-5-14-10(9)7-13/h2-5,7H,6H2,1H3. The molecule has 2 aromatic heterocycles. The topological polar surface area (TPSA) is 48.0 Å². The minimum absolute atomic E-state index is 0.387. The van der Waals surface area contributed by atoms with Crippen molar-refractivity contribution in [2.45, 2.75) is 13.5 Å². The Kier molecular flexibility index (Phi) is 2.18. The number of hydrogen-bond donors (Lipinski definition) is 0. The molecule has 4 nitrogen and oxygen atoms in total. The first-order valence-corrected chi connectivity index (χ1v) is 4.30. The van der Waals surface area contributed by atoms with Crippen LogP contribution in [0.5, 0.6) is 0 Å². The van der Waals surface area contributed by atoms with Gasteiger partial charge in [0.05, 0.1) is 12.8 Å². The Morgan fingerprint density at radius 3 is 3.14 bits per heavy atom. The summed E-state index contributed by atoms with van der Waals surface area (Å²) in [5.74, 6) is 1.31. The second-order valence-electron chi connectivity index (χ2n) is 3.03. The maximum atomic E-state index is 10.6. The summed E-state index contributed by atoms with van der Waals surface area (Å²) in [5, 5.41) is 0. The molecule has 4 heteroatoms. The van der Waals surface area contributed by atoms with E-state index in [0.717, 1.165) is 17.7 Å². The smallest absolute Gasteiger partial charge is 0.185 e. The molecule has 0 fully saturated rings. The van der Waals surface area contributed by atoms with Crippen LogP contribution < -0.4 is 0 Å². The molecule has 2 heterocycles. The summed E-state index contributed by atoms with van der Waals surface area (Å²) in [7, 11) is 0. The van der Waals surface area contributed by atoms with Gasteiger partial charge in [0.15, 0.2) is 12.0 Å². The largest absolute Gasteiger partial charge is 0.461 e. The van der Waals surface area contributed by atoms with Gasteiger partial charge >= 0.3 is 0 Å². The Labute approximate surface area is 81.2 Å². The lowest BCUT2D eigenvalue weighted by Crippen LogP contribution is -2.01. The van der Waals surface area contributed by atoms with E-state index in [1.807, 2.05) is 17.7 Å². The molecule has 14 heavy (non-hydrogen) atoms. The molecule has 0 aromatic carbocycles. The summed E-state index contributed by atoms with van der Waals surface area (Å²) in [5.41, 5.74) is 0.876. The Hall–Kier alpha value is -1.84. The van der Waals surface area contributed by atoms with Crippen molar-refractivity contribution < 1.29 is 9.21 Å². The molecule has 72 valence electrons. The van der Waals surface area contributed by atoms with Gasteiger partial charge in [0, 0.05) is 18.0 Å². The Morgan fingerprint density at radius 1 is 1.64 bits per heavy atom. The van der Waals surface area contributed by atoms with E-state index >= 15 is 0 Å². The highest BCUT2D eigenvalue weighted by molar-refractivity contribution is 5.72. The summed E-state index contributed by atoms with van der Waals surface area (Å²) >= 11 is 0. The van der Waals surface area contributed by atoms with Crippen molar-refractivity contribution >= 4 is 6.29 Å². The normalized spacial score (nSPS) is 10.4. The van der Waals surface area contributed by atoms with Crippen LogP contribution in [0, 0.1) is 6.92 Å². The van der Waals surface area contributed by atoms with E-state index in [1.54, 1.807) is 12.3 Å². The number of hydrogen-bond acceptors (Lipinski definition) is 3. The van der Waals surface area contributed by atoms with Crippen LogP contribution in [0.3, 0.4) is 0 Å². The van der Waals surface area contributed by atoms with Crippen LogP contribution in [-0.2, 0) is 6.54 Å². The minimum Gasteiger partial charge on any atom is -0.461 e. The molecule has 0 unspecified atom stereocenters. The fraction of sp³-hybridized carbons (Fsp3) is 0.200. The number of rotatable bonds is 3. The van der Waals surface area contributed by atoms with E-state index in [-0.39, 0.29) is 0 Å². The molecule has 0 aliphatic rings. The van der Waals surface area contributed by atoms with Gasteiger partial charge < -0.3 is 8.98 Å². The zero-order valence-electron chi connectivity index (χ0n) is 7.80. The van der Waals surface area contributed by atoms with Crippen molar-refractivity contribution in [3.8, 4) is 0 Å². The van der Waals surface area contributed by atoms with Gasteiger partial charge in [0.25, 0.3) is 0 Å². The predicted octanol–water partition coefficient (Wildman–Crippen LogP) is 1.65. The van der Waals surface area contributed by atoms with Crippen LogP contribution in [0.1, 0.15) is 21.9 Å². The van der Waals surface area contributed by atoms with Crippen LogP contribution in [0.4, 0.5) is 0 Å². The molecule has 2 rings (SSSR count).